The highest BCUT2D eigenvalue weighted by molar-refractivity contribution is 7.92. The summed E-state index contributed by atoms with van der Waals surface area (Å²) in [4.78, 5) is 25.5. The number of piperidine rings is 1. The van der Waals surface area contributed by atoms with Gasteiger partial charge >= 0.3 is 0 Å². The van der Waals surface area contributed by atoms with Crippen LogP contribution in [0.3, 0.4) is 0 Å². The van der Waals surface area contributed by atoms with Gasteiger partial charge in [-0.1, -0.05) is 46.9 Å². The third-order valence-corrected chi connectivity index (χ3v) is 11.2. The number of para-hydroxylation sites is 1. The summed E-state index contributed by atoms with van der Waals surface area (Å²) in [6.07, 6.45) is 3.95. The average molecular weight is 667 g/mol. The molecule has 6 rings (SSSR count). The minimum Gasteiger partial charge on any atom is -0.455 e. The van der Waals surface area contributed by atoms with Crippen molar-refractivity contribution in [3.8, 4) is 5.88 Å². The number of nitrogens with one attached hydrogen (secondary N) is 1. The smallest absolute Gasteiger partial charge is 0.268 e. The summed E-state index contributed by atoms with van der Waals surface area (Å²) in [5, 5.41) is 4.14. The lowest BCUT2D eigenvalue weighted by Crippen LogP contribution is -2.42. The molecule has 2 aromatic carbocycles. The van der Waals surface area contributed by atoms with Gasteiger partial charge in [0.15, 0.2) is 16.6 Å². The Morgan fingerprint density at radius 3 is 2.44 bits per heavy atom. The first-order valence-electron chi connectivity index (χ1n) is 14.0. The van der Waals surface area contributed by atoms with E-state index >= 15 is 0 Å². The predicted molar refractivity (Wildman–Crippen MR) is 167 cm³/mol. The van der Waals surface area contributed by atoms with Crippen molar-refractivity contribution in [2.45, 2.75) is 30.4 Å². The minimum atomic E-state index is -3.05. The zero-order valence-electron chi connectivity index (χ0n) is 23.1. The van der Waals surface area contributed by atoms with Gasteiger partial charge in [-0.15, -0.1) is 0 Å². The van der Waals surface area contributed by atoms with Crippen LogP contribution in [-0.2, 0) is 14.6 Å². The number of rotatable bonds is 9. The summed E-state index contributed by atoms with van der Waals surface area (Å²) in [5.74, 6) is 0.594. The summed E-state index contributed by atoms with van der Waals surface area (Å²) in [6, 6.07) is 10.8. The standard InChI is InChI=1S/C29H30Cl3N5O5S/c30-23-3-1-4-24(31)26(23)37-17-42-27-22(28(37)38)14-33-29(35-27)34-19-5-6-21(25(32)13-19)18-7-10-36(11-8-18)9-2-12-43(39,40)20-15-41-16-20/h1,3-6,13-14,18,20H,2,7-12,15-17H2,(H,33,34,35). The van der Waals surface area contributed by atoms with Gasteiger partial charge in [0.1, 0.15) is 10.8 Å². The molecule has 3 aliphatic heterocycles. The molecule has 0 bridgehead atoms. The van der Waals surface area contributed by atoms with Gasteiger partial charge in [0.2, 0.25) is 11.8 Å². The van der Waals surface area contributed by atoms with Crippen molar-refractivity contribution in [1.29, 1.82) is 0 Å². The molecule has 0 spiro atoms. The summed E-state index contributed by atoms with van der Waals surface area (Å²) in [5.41, 5.74) is 2.35. The molecule has 4 heterocycles. The third kappa shape index (κ3) is 6.57. The molecule has 2 saturated heterocycles. The topological polar surface area (TPSA) is 114 Å². The van der Waals surface area contributed by atoms with E-state index in [0.29, 0.717) is 52.0 Å². The minimum absolute atomic E-state index is 0.0971. The first-order chi connectivity index (χ1) is 20.7. The maximum absolute atomic E-state index is 13.2. The van der Waals surface area contributed by atoms with E-state index in [-0.39, 0.29) is 41.0 Å². The number of amides is 1. The Hall–Kier alpha value is -2.67. The Balaban J connectivity index is 1.04. The molecule has 228 valence electrons. The van der Waals surface area contributed by atoms with Gasteiger partial charge in [-0.2, -0.15) is 4.98 Å². The van der Waals surface area contributed by atoms with E-state index in [4.69, 9.17) is 44.3 Å². The van der Waals surface area contributed by atoms with E-state index in [2.05, 4.69) is 20.2 Å². The van der Waals surface area contributed by atoms with Crippen LogP contribution in [0.15, 0.2) is 42.6 Å². The van der Waals surface area contributed by atoms with Crippen molar-refractivity contribution in [3.05, 3.63) is 68.8 Å². The number of aromatic nitrogens is 2. The van der Waals surface area contributed by atoms with Gasteiger partial charge in [0, 0.05) is 16.9 Å². The third-order valence-electron chi connectivity index (χ3n) is 8.07. The predicted octanol–water partition coefficient (Wildman–Crippen LogP) is 5.56. The lowest BCUT2D eigenvalue weighted by atomic mass is 9.89. The summed E-state index contributed by atoms with van der Waals surface area (Å²) < 4.78 is 35.3. The molecule has 43 heavy (non-hydrogen) atoms. The van der Waals surface area contributed by atoms with Crippen molar-refractivity contribution in [1.82, 2.24) is 14.9 Å². The molecule has 0 atom stereocenters. The van der Waals surface area contributed by atoms with Gasteiger partial charge in [0.25, 0.3) is 5.91 Å². The maximum atomic E-state index is 13.2. The number of carbonyl (C=O) groups is 1. The molecule has 3 aromatic rings. The monoisotopic (exact) mass is 665 g/mol. The quantitative estimate of drug-likeness (QED) is 0.314. The van der Waals surface area contributed by atoms with Crippen molar-refractivity contribution in [2.24, 2.45) is 0 Å². The fourth-order valence-electron chi connectivity index (χ4n) is 5.54. The van der Waals surface area contributed by atoms with E-state index in [1.165, 1.54) is 11.1 Å². The zero-order valence-corrected chi connectivity index (χ0v) is 26.2. The second-order valence-electron chi connectivity index (χ2n) is 10.8. The van der Waals surface area contributed by atoms with Gasteiger partial charge in [0.05, 0.1) is 34.7 Å². The number of anilines is 3. The lowest BCUT2D eigenvalue weighted by Gasteiger charge is -2.33. The number of nitrogens with zero attached hydrogens (tertiary/aromatic N) is 4. The largest absolute Gasteiger partial charge is 0.455 e. The number of halogens is 3. The van der Waals surface area contributed by atoms with E-state index in [0.717, 1.165) is 38.0 Å². The highest BCUT2D eigenvalue weighted by Gasteiger charge is 2.33. The first kappa shape index (κ1) is 30.4. The Kier molecular flexibility index (Phi) is 9.00. The molecule has 14 heteroatoms. The van der Waals surface area contributed by atoms with Crippen LogP contribution in [0.2, 0.25) is 15.1 Å². The highest BCUT2D eigenvalue weighted by Crippen LogP contribution is 2.38. The molecule has 0 unspecified atom stereocenters. The van der Waals surface area contributed by atoms with Crippen LogP contribution in [0, 0.1) is 0 Å². The first-order valence-corrected chi connectivity index (χ1v) is 16.9. The lowest BCUT2D eigenvalue weighted by molar-refractivity contribution is 0.0415. The number of benzene rings is 2. The number of hydrogen-bond acceptors (Lipinski definition) is 9. The van der Waals surface area contributed by atoms with Gasteiger partial charge in [-0.05, 0) is 74.6 Å². The number of ether oxygens (including phenoxy) is 2. The number of carbonyl (C=O) groups excluding carboxylic acids is 1. The fraction of sp³-hybridized carbons (Fsp3) is 0.414. The molecule has 10 nitrogen and oxygen atoms in total. The van der Waals surface area contributed by atoms with Crippen LogP contribution in [0.4, 0.5) is 17.3 Å². The van der Waals surface area contributed by atoms with Crippen molar-refractivity contribution < 1.29 is 22.7 Å². The number of likely N-dealkylation sites (tertiary alicyclic amines) is 1. The second-order valence-corrected chi connectivity index (χ2v) is 14.5. The highest BCUT2D eigenvalue weighted by atomic mass is 35.5. The second kappa shape index (κ2) is 12.7. The Bertz CT molecular complexity index is 1610. The molecule has 1 N–H and O–H groups in total. The Morgan fingerprint density at radius 1 is 1.02 bits per heavy atom. The van der Waals surface area contributed by atoms with Crippen molar-refractivity contribution >= 4 is 67.9 Å². The molecule has 2 fully saturated rings. The average Bonchev–Trinajstić information content (AvgIpc) is 2.93. The molecule has 1 amide bonds. The van der Waals surface area contributed by atoms with E-state index in [1.807, 2.05) is 18.2 Å². The van der Waals surface area contributed by atoms with Crippen LogP contribution in [0.1, 0.15) is 41.1 Å². The van der Waals surface area contributed by atoms with Crippen LogP contribution in [0.5, 0.6) is 5.88 Å². The van der Waals surface area contributed by atoms with E-state index in [9.17, 15) is 13.2 Å². The van der Waals surface area contributed by atoms with Crippen LogP contribution >= 0.6 is 34.8 Å². The number of sulfone groups is 1. The van der Waals surface area contributed by atoms with Gasteiger partial charge in [-0.3, -0.25) is 9.69 Å². The van der Waals surface area contributed by atoms with Gasteiger partial charge in [-0.25, -0.2) is 13.4 Å². The summed E-state index contributed by atoms with van der Waals surface area (Å²) >= 11 is 19.3. The molecule has 0 saturated carbocycles. The van der Waals surface area contributed by atoms with Gasteiger partial charge < -0.3 is 19.7 Å². The molecular weight excluding hydrogens is 637 g/mol. The zero-order chi connectivity index (χ0) is 30.1. The summed E-state index contributed by atoms with van der Waals surface area (Å²) in [6.45, 7) is 3.14. The fourth-order valence-corrected chi connectivity index (χ4v) is 7.94. The molecule has 0 radical (unpaired) electrons. The normalized spacial score (nSPS) is 18.2. The molecule has 0 aliphatic carbocycles. The van der Waals surface area contributed by atoms with Crippen LogP contribution < -0.4 is 15.0 Å². The van der Waals surface area contributed by atoms with E-state index in [1.54, 1.807) is 18.2 Å². The number of hydrogen-bond donors (Lipinski definition) is 1. The van der Waals surface area contributed by atoms with Crippen molar-refractivity contribution in [3.63, 3.8) is 0 Å². The van der Waals surface area contributed by atoms with Crippen LogP contribution in [0.25, 0.3) is 0 Å². The SMILES string of the molecule is O=C1c2cnc(Nc3ccc(C4CCN(CCCS(=O)(=O)C5COC5)CC4)c(Cl)c3)nc2OCN1c1c(Cl)cccc1Cl. The Morgan fingerprint density at radius 2 is 1.77 bits per heavy atom. The summed E-state index contributed by atoms with van der Waals surface area (Å²) in [7, 11) is -3.05. The van der Waals surface area contributed by atoms with Crippen LogP contribution in [-0.4, -0.2) is 79.8 Å². The van der Waals surface area contributed by atoms with Crippen molar-refractivity contribution in [2.75, 3.05) is 55.5 Å². The Labute approximate surface area is 265 Å². The molecular formula is C29H30Cl3N5O5S. The number of fused-ring (bicyclic) bond motifs is 1. The maximum Gasteiger partial charge on any atom is 0.268 e. The molecule has 3 aliphatic rings. The molecule has 1 aromatic heterocycles. The van der Waals surface area contributed by atoms with E-state index < -0.39 is 9.84 Å².